The molecule has 0 atom stereocenters. The van der Waals surface area contributed by atoms with Crippen molar-refractivity contribution in [2.45, 2.75) is 26.2 Å². The minimum atomic E-state index is 0.699. The molecule has 0 aliphatic rings. The molecular formula is C12H14N2O. The van der Waals surface area contributed by atoms with Crippen LogP contribution in [0.3, 0.4) is 0 Å². The van der Waals surface area contributed by atoms with E-state index in [2.05, 4.69) is 29.3 Å². The second-order valence-corrected chi connectivity index (χ2v) is 3.50. The Morgan fingerprint density at radius 3 is 2.53 bits per heavy atom. The van der Waals surface area contributed by atoms with E-state index < -0.39 is 0 Å². The van der Waals surface area contributed by atoms with Gasteiger partial charge in [0.25, 0.3) is 0 Å². The molecule has 1 aromatic heterocycles. The topological polar surface area (TPSA) is 38.9 Å². The molecule has 0 saturated heterocycles. The van der Waals surface area contributed by atoms with Gasteiger partial charge in [0.2, 0.25) is 11.8 Å². The van der Waals surface area contributed by atoms with Gasteiger partial charge in [-0.2, -0.15) is 0 Å². The fourth-order valence-corrected chi connectivity index (χ4v) is 1.45. The molecule has 0 aliphatic heterocycles. The zero-order valence-corrected chi connectivity index (χ0v) is 8.81. The van der Waals surface area contributed by atoms with Crippen LogP contribution in [0.1, 0.15) is 30.7 Å². The summed E-state index contributed by atoms with van der Waals surface area (Å²) in [4.78, 5) is 0. The number of rotatable bonds is 4. The van der Waals surface area contributed by atoms with Crippen molar-refractivity contribution in [2.75, 3.05) is 0 Å². The van der Waals surface area contributed by atoms with E-state index in [-0.39, 0.29) is 0 Å². The van der Waals surface area contributed by atoms with Gasteiger partial charge < -0.3 is 4.42 Å². The summed E-state index contributed by atoms with van der Waals surface area (Å²) in [6.45, 7) is 2.10. The molecule has 0 aliphatic carbocycles. The highest BCUT2D eigenvalue weighted by molar-refractivity contribution is 5.17. The van der Waals surface area contributed by atoms with Crippen molar-refractivity contribution in [1.82, 2.24) is 10.2 Å². The molecule has 0 fully saturated rings. The third-order valence-electron chi connectivity index (χ3n) is 2.17. The molecule has 1 heterocycles. The van der Waals surface area contributed by atoms with Gasteiger partial charge in [-0.05, 0) is 12.0 Å². The summed E-state index contributed by atoms with van der Waals surface area (Å²) in [6, 6.07) is 10.1. The van der Waals surface area contributed by atoms with Gasteiger partial charge >= 0.3 is 0 Å². The average molecular weight is 202 g/mol. The van der Waals surface area contributed by atoms with Crippen LogP contribution in [0, 0.1) is 0 Å². The highest BCUT2D eigenvalue weighted by Crippen LogP contribution is 2.08. The van der Waals surface area contributed by atoms with E-state index in [1.807, 2.05) is 18.2 Å². The van der Waals surface area contributed by atoms with Crippen molar-refractivity contribution in [1.29, 1.82) is 0 Å². The van der Waals surface area contributed by atoms with Gasteiger partial charge in [-0.15, -0.1) is 10.2 Å². The Morgan fingerprint density at radius 1 is 1.07 bits per heavy atom. The van der Waals surface area contributed by atoms with Gasteiger partial charge in [-0.3, -0.25) is 0 Å². The lowest BCUT2D eigenvalue weighted by molar-refractivity contribution is 0.455. The van der Waals surface area contributed by atoms with Crippen LogP contribution in [0.25, 0.3) is 0 Å². The molecule has 2 aromatic rings. The predicted molar refractivity (Wildman–Crippen MR) is 57.5 cm³/mol. The third-order valence-corrected chi connectivity index (χ3v) is 2.17. The van der Waals surface area contributed by atoms with E-state index in [9.17, 15) is 0 Å². The summed E-state index contributed by atoms with van der Waals surface area (Å²) in [5.74, 6) is 1.44. The van der Waals surface area contributed by atoms with Gasteiger partial charge in [0, 0.05) is 6.42 Å². The van der Waals surface area contributed by atoms with Crippen molar-refractivity contribution in [3.8, 4) is 0 Å². The Balaban J connectivity index is 2.05. The SMILES string of the molecule is CCCc1nnc(Cc2ccccc2)o1. The van der Waals surface area contributed by atoms with Crippen molar-refractivity contribution >= 4 is 0 Å². The lowest BCUT2D eigenvalue weighted by atomic mass is 10.2. The normalized spacial score (nSPS) is 10.5. The quantitative estimate of drug-likeness (QED) is 0.765. The standard InChI is InChI=1S/C12H14N2O/c1-2-6-11-13-14-12(15-11)9-10-7-4-3-5-8-10/h3-5,7-8H,2,6,9H2,1H3. The van der Waals surface area contributed by atoms with Crippen LogP contribution < -0.4 is 0 Å². The average Bonchev–Trinajstić information content (AvgIpc) is 2.68. The van der Waals surface area contributed by atoms with Gasteiger partial charge in [0.05, 0.1) is 6.42 Å². The smallest absolute Gasteiger partial charge is 0.220 e. The second-order valence-electron chi connectivity index (χ2n) is 3.50. The molecular weight excluding hydrogens is 188 g/mol. The number of hydrogen-bond donors (Lipinski definition) is 0. The number of aryl methyl sites for hydroxylation is 1. The van der Waals surface area contributed by atoms with Gasteiger partial charge in [-0.1, -0.05) is 37.3 Å². The first-order valence-electron chi connectivity index (χ1n) is 5.23. The highest BCUT2D eigenvalue weighted by Gasteiger charge is 2.05. The van der Waals surface area contributed by atoms with Crippen LogP contribution in [-0.4, -0.2) is 10.2 Å². The lowest BCUT2D eigenvalue weighted by Crippen LogP contribution is -1.87. The summed E-state index contributed by atoms with van der Waals surface area (Å²) in [6.07, 6.45) is 2.62. The fraction of sp³-hybridized carbons (Fsp3) is 0.333. The van der Waals surface area contributed by atoms with Crippen molar-refractivity contribution in [3.05, 3.63) is 47.7 Å². The molecule has 3 nitrogen and oxygen atoms in total. The van der Waals surface area contributed by atoms with E-state index in [1.165, 1.54) is 5.56 Å². The van der Waals surface area contributed by atoms with Crippen molar-refractivity contribution in [2.24, 2.45) is 0 Å². The molecule has 0 N–H and O–H groups in total. The predicted octanol–water partition coefficient (Wildman–Crippen LogP) is 2.61. The molecule has 78 valence electrons. The number of nitrogens with zero attached hydrogens (tertiary/aromatic N) is 2. The van der Waals surface area contributed by atoms with Gasteiger partial charge in [0.15, 0.2) is 0 Å². The van der Waals surface area contributed by atoms with E-state index >= 15 is 0 Å². The largest absolute Gasteiger partial charge is 0.425 e. The highest BCUT2D eigenvalue weighted by atomic mass is 16.4. The minimum Gasteiger partial charge on any atom is -0.425 e. The van der Waals surface area contributed by atoms with Crippen LogP contribution in [0.4, 0.5) is 0 Å². The first-order chi connectivity index (χ1) is 7.38. The van der Waals surface area contributed by atoms with E-state index in [4.69, 9.17) is 4.42 Å². The van der Waals surface area contributed by atoms with Gasteiger partial charge in [0.1, 0.15) is 0 Å². The third kappa shape index (κ3) is 2.65. The monoisotopic (exact) mass is 202 g/mol. The molecule has 0 amide bonds. The Kier molecular flexibility index (Phi) is 3.12. The lowest BCUT2D eigenvalue weighted by Gasteiger charge is -1.94. The summed E-state index contributed by atoms with van der Waals surface area (Å²) in [5.41, 5.74) is 1.20. The number of benzene rings is 1. The van der Waals surface area contributed by atoms with E-state index in [0.29, 0.717) is 5.89 Å². The molecule has 1 aromatic carbocycles. The summed E-state index contributed by atoms with van der Waals surface area (Å²) < 4.78 is 5.51. The minimum absolute atomic E-state index is 0.699. The summed E-state index contributed by atoms with van der Waals surface area (Å²) >= 11 is 0. The zero-order chi connectivity index (χ0) is 10.5. The first-order valence-corrected chi connectivity index (χ1v) is 5.23. The Hall–Kier alpha value is -1.64. The zero-order valence-electron chi connectivity index (χ0n) is 8.81. The maximum atomic E-state index is 5.51. The molecule has 0 bridgehead atoms. The first kappa shape index (κ1) is 9.90. The Bertz CT molecular complexity index is 409. The van der Waals surface area contributed by atoms with E-state index in [0.717, 1.165) is 25.2 Å². The van der Waals surface area contributed by atoms with Crippen LogP contribution in [0.5, 0.6) is 0 Å². The fourth-order valence-electron chi connectivity index (χ4n) is 1.45. The maximum Gasteiger partial charge on any atom is 0.220 e. The molecule has 0 unspecified atom stereocenters. The molecule has 0 saturated carbocycles. The molecule has 15 heavy (non-hydrogen) atoms. The molecule has 3 heteroatoms. The summed E-state index contributed by atoms with van der Waals surface area (Å²) in [5, 5.41) is 8.00. The maximum absolute atomic E-state index is 5.51. The molecule has 0 spiro atoms. The molecule has 0 radical (unpaired) electrons. The Morgan fingerprint density at radius 2 is 1.80 bits per heavy atom. The van der Waals surface area contributed by atoms with Crippen LogP contribution in [0.15, 0.2) is 34.7 Å². The second kappa shape index (κ2) is 4.73. The summed E-state index contributed by atoms with van der Waals surface area (Å²) in [7, 11) is 0. The van der Waals surface area contributed by atoms with E-state index in [1.54, 1.807) is 0 Å². The number of aromatic nitrogens is 2. The Labute approximate surface area is 89.2 Å². The number of hydrogen-bond acceptors (Lipinski definition) is 3. The van der Waals surface area contributed by atoms with Crippen molar-refractivity contribution in [3.63, 3.8) is 0 Å². The van der Waals surface area contributed by atoms with Crippen LogP contribution >= 0.6 is 0 Å². The van der Waals surface area contributed by atoms with Gasteiger partial charge in [-0.25, -0.2) is 0 Å². The molecule has 2 rings (SSSR count). The van der Waals surface area contributed by atoms with Crippen molar-refractivity contribution < 1.29 is 4.42 Å². The van der Waals surface area contributed by atoms with Crippen LogP contribution in [0.2, 0.25) is 0 Å². The van der Waals surface area contributed by atoms with Crippen LogP contribution in [-0.2, 0) is 12.8 Å².